The van der Waals surface area contributed by atoms with E-state index in [0.717, 1.165) is 41.3 Å². The second-order valence-corrected chi connectivity index (χ2v) is 27.2. The highest BCUT2D eigenvalue weighted by atomic mass is 16.5. The molecule has 0 radical (unpaired) electrons. The number of hydrogen-bond acceptors (Lipinski definition) is 2. The molecule has 8 saturated carbocycles. The van der Waals surface area contributed by atoms with Gasteiger partial charge in [0.05, 0.1) is 5.69 Å². The second kappa shape index (κ2) is 14.4. The van der Waals surface area contributed by atoms with E-state index < -0.39 is 0 Å². The molecule has 4 heterocycles. The minimum absolute atomic E-state index is 0.00513. The van der Waals surface area contributed by atoms with E-state index >= 15 is 0 Å². The van der Waals surface area contributed by atoms with E-state index in [-0.39, 0.29) is 29.7 Å². The molecule has 0 saturated heterocycles. The Balaban J connectivity index is 0.970. The fourth-order valence-electron chi connectivity index (χ4n) is 19.8. The molecular weight excluding hydrogens is 896 g/mol. The number of benzene rings is 8. The van der Waals surface area contributed by atoms with Crippen LogP contribution in [0.2, 0.25) is 0 Å². The first-order valence-corrected chi connectivity index (χ1v) is 29.0. The minimum Gasteiger partial charge on any atom is -0.469 e. The van der Waals surface area contributed by atoms with Crippen LogP contribution in [0, 0.1) is 35.5 Å². The zero-order valence-electron chi connectivity index (χ0n) is 43.3. The van der Waals surface area contributed by atoms with E-state index in [2.05, 4.69) is 176 Å². The zero-order chi connectivity index (χ0) is 48.6. The maximum atomic E-state index is 7.84. The standard InChI is InChI=1S/C70H65BN2O/c1-68(2,3)49-18-21-59(55(30-49)46-11-5-4-6-12-46)72-61-29-48-14-8-9-15-52(48)62-58-33-51(70-37-43-26-44(38-70)28-45(27-43)39-70)32-57-56-31-50(69-34-40-23-41(35-69)25-42(24-40)36-69)19-22-60(56)73(65(57)58)71(64(61)62)63-54-20-17-47-13-7-10-16-53(47)66(54)74-67(63)72/h4-22,29-33,40-45,63,67H,23-28,34-39H2,1-3H3. The third kappa shape index (κ3) is 5.55. The smallest absolute Gasteiger partial charge is 0.310 e. The number of ether oxygens (including phenoxy) is 1. The topological polar surface area (TPSA) is 17.4 Å². The average Bonchev–Trinajstić information content (AvgIpc) is 4.13. The number of aromatic nitrogens is 1. The first-order chi connectivity index (χ1) is 36.1. The van der Waals surface area contributed by atoms with Gasteiger partial charge in [0.15, 0.2) is 6.23 Å². The molecule has 2 unspecified atom stereocenters. The van der Waals surface area contributed by atoms with E-state index in [1.165, 1.54) is 171 Å². The summed E-state index contributed by atoms with van der Waals surface area (Å²) in [5.74, 6) is 6.40. The van der Waals surface area contributed by atoms with Gasteiger partial charge >= 0.3 is 6.85 Å². The van der Waals surface area contributed by atoms with Gasteiger partial charge in [-0.2, -0.15) is 0 Å². The van der Waals surface area contributed by atoms with Gasteiger partial charge in [0.1, 0.15) is 5.75 Å². The van der Waals surface area contributed by atoms with Crippen molar-refractivity contribution >= 4 is 67.0 Å². The highest BCUT2D eigenvalue weighted by Crippen LogP contribution is 2.64. The molecule has 3 nitrogen and oxygen atoms in total. The third-order valence-corrected chi connectivity index (χ3v) is 22.0. The van der Waals surface area contributed by atoms with Crippen LogP contribution in [0.25, 0.3) is 65.6 Å². The number of nitrogens with zero attached hydrogens (tertiary/aromatic N) is 2. The van der Waals surface area contributed by atoms with Crippen molar-refractivity contribution in [1.29, 1.82) is 0 Å². The molecular formula is C70H65BN2O. The van der Waals surface area contributed by atoms with Crippen LogP contribution in [-0.2, 0) is 16.2 Å². The molecule has 74 heavy (non-hydrogen) atoms. The Hall–Kier alpha value is -6.26. The van der Waals surface area contributed by atoms with E-state index in [9.17, 15) is 0 Å². The third-order valence-electron chi connectivity index (χ3n) is 22.0. The average molecular weight is 961 g/mol. The molecule has 2 atom stereocenters. The van der Waals surface area contributed by atoms with Gasteiger partial charge in [0.2, 0.25) is 0 Å². The van der Waals surface area contributed by atoms with Gasteiger partial charge < -0.3 is 14.1 Å². The van der Waals surface area contributed by atoms with Gasteiger partial charge in [0.25, 0.3) is 0 Å². The molecule has 8 aromatic carbocycles. The van der Waals surface area contributed by atoms with Crippen LogP contribution >= 0.6 is 0 Å². The molecule has 4 heteroatoms. The molecule has 8 fully saturated rings. The maximum absolute atomic E-state index is 7.84. The first kappa shape index (κ1) is 42.0. The fraction of sp³-hybridized carbons (Fsp3) is 0.371. The summed E-state index contributed by atoms with van der Waals surface area (Å²) < 4.78 is 10.8. The number of fused-ring (bicyclic) bond motifs is 13. The summed E-state index contributed by atoms with van der Waals surface area (Å²) in [5, 5.41) is 8.14. The van der Waals surface area contributed by atoms with Crippen LogP contribution in [0.3, 0.4) is 0 Å². The molecule has 3 aliphatic heterocycles. The summed E-state index contributed by atoms with van der Waals surface area (Å²) in [7, 11) is 0. The van der Waals surface area contributed by atoms with Crippen LogP contribution in [0.5, 0.6) is 5.75 Å². The van der Waals surface area contributed by atoms with Gasteiger partial charge in [-0.05, 0) is 226 Å². The molecule has 0 amide bonds. The van der Waals surface area contributed by atoms with Crippen LogP contribution in [0.4, 0.5) is 11.4 Å². The van der Waals surface area contributed by atoms with Crippen LogP contribution in [-0.4, -0.2) is 17.6 Å². The SMILES string of the molecule is CC(C)(C)c1ccc(N2c3cc4ccccc4c4c3B(C3c5ccc6ccccc6c5OC32)n2c3ccc(C56CC7CC(CC(C7)C5)C6)cc3c3cc(C56CC7CC(CC(C7)C5)C6)cc-4c32)c(-c2ccccc2)c1. The van der Waals surface area contributed by atoms with Gasteiger partial charge in [-0.25, -0.2) is 0 Å². The predicted octanol–water partition coefficient (Wildman–Crippen LogP) is 16.9. The van der Waals surface area contributed by atoms with Gasteiger partial charge in [-0.3, -0.25) is 0 Å². The summed E-state index contributed by atoms with van der Waals surface area (Å²) in [4.78, 5) is 2.69. The Kier molecular flexibility index (Phi) is 8.15. The molecule has 1 aromatic heterocycles. The molecule has 9 aromatic rings. The summed E-state index contributed by atoms with van der Waals surface area (Å²) in [6, 6.07) is 58.0. The molecule has 11 aliphatic rings. The van der Waals surface area contributed by atoms with Gasteiger partial charge in [0, 0.05) is 49.8 Å². The van der Waals surface area contributed by atoms with E-state index in [4.69, 9.17) is 4.74 Å². The number of hydrogen-bond donors (Lipinski definition) is 0. The number of anilines is 2. The summed E-state index contributed by atoms with van der Waals surface area (Å²) in [5.41, 5.74) is 18.8. The number of rotatable bonds is 4. The lowest BCUT2D eigenvalue weighted by Gasteiger charge is -2.57. The Morgan fingerprint density at radius 3 is 1.82 bits per heavy atom. The monoisotopic (exact) mass is 961 g/mol. The van der Waals surface area contributed by atoms with Crippen LogP contribution in [0.1, 0.15) is 126 Å². The van der Waals surface area contributed by atoms with Gasteiger partial charge in [-0.15, -0.1) is 0 Å². The summed E-state index contributed by atoms with van der Waals surface area (Å²) in [6.07, 6.45) is 16.8. The van der Waals surface area contributed by atoms with Crippen molar-refractivity contribution in [2.24, 2.45) is 35.5 Å². The first-order valence-electron chi connectivity index (χ1n) is 29.0. The van der Waals surface area contributed by atoms with Crippen molar-refractivity contribution < 1.29 is 4.74 Å². The molecule has 8 bridgehead atoms. The lowest BCUT2D eigenvalue weighted by atomic mass is 9.40. The van der Waals surface area contributed by atoms with Crippen molar-refractivity contribution in [3.8, 4) is 28.0 Å². The summed E-state index contributed by atoms with van der Waals surface area (Å²) >= 11 is 0. The van der Waals surface area contributed by atoms with E-state index in [1.54, 1.807) is 11.1 Å². The fourth-order valence-corrected chi connectivity index (χ4v) is 19.8. The van der Waals surface area contributed by atoms with Crippen LogP contribution < -0.4 is 15.1 Å². The van der Waals surface area contributed by atoms with Crippen LogP contribution in [0.15, 0.2) is 146 Å². The predicted molar refractivity (Wildman–Crippen MR) is 307 cm³/mol. The second-order valence-electron chi connectivity index (χ2n) is 27.2. The van der Waals surface area contributed by atoms with Crippen molar-refractivity contribution in [2.75, 3.05) is 4.90 Å². The largest absolute Gasteiger partial charge is 0.469 e. The lowest BCUT2D eigenvalue weighted by Crippen LogP contribution is -2.59. The molecule has 0 N–H and O–H groups in total. The Morgan fingerprint density at radius 1 is 0.514 bits per heavy atom. The zero-order valence-corrected chi connectivity index (χ0v) is 43.3. The normalized spacial score (nSPS) is 30.4. The van der Waals surface area contributed by atoms with E-state index in [1.807, 2.05) is 0 Å². The minimum atomic E-state index is -0.295. The highest BCUT2D eigenvalue weighted by molar-refractivity contribution is 6.80. The Morgan fingerprint density at radius 2 is 1.14 bits per heavy atom. The maximum Gasteiger partial charge on any atom is 0.310 e. The van der Waals surface area contributed by atoms with E-state index in [0.29, 0.717) is 5.41 Å². The highest BCUT2D eigenvalue weighted by Gasteiger charge is 2.58. The lowest BCUT2D eigenvalue weighted by molar-refractivity contribution is -0.00527. The van der Waals surface area contributed by atoms with Crippen molar-refractivity contribution in [3.63, 3.8) is 0 Å². The van der Waals surface area contributed by atoms with Crippen molar-refractivity contribution in [3.05, 3.63) is 168 Å². The molecule has 8 aliphatic carbocycles. The van der Waals surface area contributed by atoms with Crippen molar-refractivity contribution in [1.82, 2.24) is 4.48 Å². The molecule has 0 spiro atoms. The summed E-state index contributed by atoms with van der Waals surface area (Å²) in [6.45, 7) is 7.06. The quantitative estimate of drug-likeness (QED) is 0.164. The molecule has 20 rings (SSSR count). The Bertz CT molecular complexity index is 3860. The molecule has 364 valence electrons. The van der Waals surface area contributed by atoms with Gasteiger partial charge in [-0.1, -0.05) is 124 Å². The van der Waals surface area contributed by atoms with Crippen molar-refractivity contribution in [2.45, 2.75) is 126 Å². The Labute approximate surface area is 436 Å².